The fourth-order valence-electron chi connectivity index (χ4n) is 2.87. The van der Waals surface area contributed by atoms with Gasteiger partial charge >= 0.3 is 0 Å². The molecule has 0 bridgehead atoms. The highest BCUT2D eigenvalue weighted by atomic mass is 32.1. The number of ether oxygens (including phenoxy) is 1. The average molecular weight is 436 g/mol. The van der Waals surface area contributed by atoms with Crippen LogP contribution in [0.3, 0.4) is 0 Å². The van der Waals surface area contributed by atoms with E-state index in [9.17, 15) is 13.6 Å². The number of rotatable bonds is 7. The van der Waals surface area contributed by atoms with E-state index in [0.717, 1.165) is 17.2 Å². The van der Waals surface area contributed by atoms with E-state index in [1.807, 2.05) is 42.5 Å². The van der Waals surface area contributed by atoms with Gasteiger partial charge in [-0.05, 0) is 42.0 Å². The van der Waals surface area contributed by atoms with E-state index in [0.29, 0.717) is 23.0 Å². The van der Waals surface area contributed by atoms with Crippen LogP contribution in [-0.4, -0.2) is 10.9 Å². The van der Waals surface area contributed by atoms with Gasteiger partial charge in [0.2, 0.25) is 0 Å². The molecule has 7 heteroatoms. The number of carbonyl (C=O) groups excluding carboxylic acids is 1. The number of nitrogens with one attached hydrogen (secondary N) is 1. The number of thiazole rings is 1. The number of carbonyl (C=O) groups is 1. The number of nitrogens with zero attached hydrogens (tertiary/aromatic N) is 1. The maximum Gasteiger partial charge on any atom is 0.271 e. The number of amides is 1. The summed E-state index contributed by atoms with van der Waals surface area (Å²) < 4.78 is 32.3. The smallest absolute Gasteiger partial charge is 0.271 e. The zero-order valence-corrected chi connectivity index (χ0v) is 17.2. The summed E-state index contributed by atoms with van der Waals surface area (Å²) in [6.07, 6.45) is 0. The first kappa shape index (κ1) is 20.7. The SMILES string of the molecule is O=C(NCc1ccccc1)c1csc(-c2ccc(OCc3ccc(F)cc3F)cc2)n1. The molecule has 0 saturated heterocycles. The lowest BCUT2D eigenvalue weighted by atomic mass is 10.2. The molecule has 4 aromatic rings. The van der Waals surface area contributed by atoms with Crippen LogP contribution in [0.5, 0.6) is 5.75 Å². The third kappa shape index (κ3) is 5.32. The minimum Gasteiger partial charge on any atom is -0.489 e. The summed E-state index contributed by atoms with van der Waals surface area (Å²) in [4.78, 5) is 16.8. The second-order valence-electron chi connectivity index (χ2n) is 6.75. The van der Waals surface area contributed by atoms with Crippen molar-refractivity contribution >= 4 is 17.2 Å². The molecule has 31 heavy (non-hydrogen) atoms. The minimum atomic E-state index is -0.641. The Labute approximate surface area is 182 Å². The van der Waals surface area contributed by atoms with Gasteiger partial charge < -0.3 is 10.1 Å². The van der Waals surface area contributed by atoms with Gasteiger partial charge in [-0.25, -0.2) is 13.8 Å². The molecule has 0 unspecified atom stereocenters. The van der Waals surface area contributed by atoms with Gasteiger partial charge in [0.25, 0.3) is 5.91 Å². The Morgan fingerprint density at radius 3 is 2.52 bits per heavy atom. The highest BCUT2D eigenvalue weighted by Gasteiger charge is 2.12. The molecule has 0 atom stereocenters. The highest BCUT2D eigenvalue weighted by molar-refractivity contribution is 7.13. The van der Waals surface area contributed by atoms with Crippen LogP contribution in [0.25, 0.3) is 10.6 Å². The van der Waals surface area contributed by atoms with Crippen LogP contribution >= 0.6 is 11.3 Å². The maximum absolute atomic E-state index is 13.7. The molecule has 1 amide bonds. The van der Waals surface area contributed by atoms with Gasteiger partial charge in [-0.3, -0.25) is 4.79 Å². The van der Waals surface area contributed by atoms with Crippen molar-refractivity contribution in [1.29, 1.82) is 0 Å². The van der Waals surface area contributed by atoms with E-state index < -0.39 is 11.6 Å². The molecule has 1 heterocycles. The van der Waals surface area contributed by atoms with E-state index in [4.69, 9.17) is 4.74 Å². The van der Waals surface area contributed by atoms with Crippen LogP contribution in [0.2, 0.25) is 0 Å². The van der Waals surface area contributed by atoms with Crippen molar-refractivity contribution in [3.63, 3.8) is 0 Å². The Kier molecular flexibility index (Phi) is 6.33. The van der Waals surface area contributed by atoms with Crippen LogP contribution in [-0.2, 0) is 13.2 Å². The molecule has 1 aromatic heterocycles. The van der Waals surface area contributed by atoms with E-state index >= 15 is 0 Å². The standard InChI is InChI=1S/C24H18F2N2O2S/c25-19-9-6-18(21(26)12-19)14-30-20-10-7-17(8-11-20)24-28-22(15-31-24)23(29)27-13-16-4-2-1-3-5-16/h1-12,15H,13-14H2,(H,27,29). The van der Waals surface area contributed by atoms with Crippen molar-refractivity contribution in [1.82, 2.24) is 10.3 Å². The summed E-state index contributed by atoms with van der Waals surface area (Å²) in [6, 6.07) is 20.2. The van der Waals surface area contributed by atoms with Gasteiger partial charge in [0.05, 0.1) is 0 Å². The fourth-order valence-corrected chi connectivity index (χ4v) is 3.68. The number of aromatic nitrogens is 1. The fraction of sp³-hybridized carbons (Fsp3) is 0.0833. The topological polar surface area (TPSA) is 51.2 Å². The normalized spacial score (nSPS) is 10.6. The lowest BCUT2D eigenvalue weighted by Crippen LogP contribution is -2.23. The van der Waals surface area contributed by atoms with E-state index in [2.05, 4.69) is 10.3 Å². The largest absolute Gasteiger partial charge is 0.489 e. The summed E-state index contributed by atoms with van der Waals surface area (Å²) in [7, 11) is 0. The highest BCUT2D eigenvalue weighted by Crippen LogP contribution is 2.26. The molecule has 3 aromatic carbocycles. The molecular formula is C24H18F2N2O2S. The number of hydrogen-bond donors (Lipinski definition) is 1. The summed E-state index contributed by atoms with van der Waals surface area (Å²) in [5, 5.41) is 5.29. The summed E-state index contributed by atoms with van der Waals surface area (Å²) in [6.45, 7) is 0.432. The predicted molar refractivity (Wildman–Crippen MR) is 116 cm³/mol. The molecule has 0 fully saturated rings. The summed E-state index contributed by atoms with van der Waals surface area (Å²) >= 11 is 1.37. The van der Waals surface area contributed by atoms with Gasteiger partial charge in [0, 0.05) is 29.1 Å². The molecule has 0 aliphatic heterocycles. The van der Waals surface area contributed by atoms with Crippen molar-refractivity contribution in [2.75, 3.05) is 0 Å². The van der Waals surface area contributed by atoms with Crippen molar-refractivity contribution in [3.05, 3.63) is 107 Å². The predicted octanol–water partition coefficient (Wildman–Crippen LogP) is 5.60. The van der Waals surface area contributed by atoms with E-state index in [-0.39, 0.29) is 18.1 Å². The number of halogens is 2. The molecule has 4 nitrogen and oxygen atoms in total. The lowest BCUT2D eigenvalue weighted by molar-refractivity contribution is 0.0946. The van der Waals surface area contributed by atoms with Crippen LogP contribution < -0.4 is 10.1 Å². The molecule has 0 spiro atoms. The van der Waals surface area contributed by atoms with Crippen LogP contribution in [0.4, 0.5) is 8.78 Å². The van der Waals surface area contributed by atoms with Crippen molar-refractivity contribution in [2.24, 2.45) is 0 Å². The van der Waals surface area contributed by atoms with Crippen molar-refractivity contribution in [3.8, 4) is 16.3 Å². The molecule has 4 rings (SSSR count). The lowest BCUT2D eigenvalue weighted by Gasteiger charge is -2.08. The first-order valence-electron chi connectivity index (χ1n) is 9.53. The Hall–Kier alpha value is -3.58. The Morgan fingerprint density at radius 1 is 1.00 bits per heavy atom. The summed E-state index contributed by atoms with van der Waals surface area (Å²) in [5.74, 6) is -0.947. The van der Waals surface area contributed by atoms with Gasteiger partial charge in [-0.2, -0.15) is 0 Å². The molecular weight excluding hydrogens is 418 g/mol. The number of benzene rings is 3. The second-order valence-corrected chi connectivity index (χ2v) is 7.61. The molecule has 1 N–H and O–H groups in total. The van der Waals surface area contributed by atoms with Crippen LogP contribution in [0, 0.1) is 11.6 Å². The van der Waals surface area contributed by atoms with Crippen LogP contribution in [0.15, 0.2) is 78.2 Å². The molecule has 0 radical (unpaired) electrons. The Bertz CT molecular complexity index is 1180. The van der Waals surface area contributed by atoms with E-state index in [1.54, 1.807) is 17.5 Å². The molecule has 0 saturated carbocycles. The second kappa shape index (κ2) is 9.49. The van der Waals surface area contributed by atoms with Crippen molar-refractivity contribution in [2.45, 2.75) is 13.2 Å². The van der Waals surface area contributed by atoms with Crippen LogP contribution in [0.1, 0.15) is 21.6 Å². The number of hydrogen-bond acceptors (Lipinski definition) is 4. The average Bonchev–Trinajstić information content (AvgIpc) is 3.28. The zero-order chi connectivity index (χ0) is 21.6. The third-order valence-corrected chi connectivity index (χ3v) is 5.43. The van der Waals surface area contributed by atoms with Gasteiger partial charge in [0.15, 0.2) is 0 Å². The summed E-state index contributed by atoms with van der Waals surface area (Å²) in [5.41, 5.74) is 2.49. The first-order chi connectivity index (χ1) is 15.1. The minimum absolute atomic E-state index is 0.00551. The van der Waals surface area contributed by atoms with Gasteiger partial charge in [0.1, 0.15) is 34.7 Å². The quantitative estimate of drug-likeness (QED) is 0.410. The van der Waals surface area contributed by atoms with Gasteiger partial charge in [-0.1, -0.05) is 30.3 Å². The molecule has 0 aliphatic carbocycles. The monoisotopic (exact) mass is 436 g/mol. The Balaban J connectivity index is 1.36. The van der Waals surface area contributed by atoms with E-state index in [1.165, 1.54) is 23.5 Å². The first-order valence-corrected chi connectivity index (χ1v) is 10.4. The molecule has 156 valence electrons. The third-order valence-electron chi connectivity index (χ3n) is 4.54. The Morgan fingerprint density at radius 2 is 1.77 bits per heavy atom. The zero-order valence-electron chi connectivity index (χ0n) is 16.3. The van der Waals surface area contributed by atoms with Crippen molar-refractivity contribution < 1.29 is 18.3 Å². The van der Waals surface area contributed by atoms with Gasteiger partial charge in [-0.15, -0.1) is 11.3 Å². The maximum atomic E-state index is 13.7. The molecule has 0 aliphatic rings.